The number of nitrogens with one attached hydrogen (secondary N) is 1. The fourth-order valence-corrected chi connectivity index (χ4v) is 5.16. The van der Waals surface area contributed by atoms with Gasteiger partial charge >= 0.3 is 0 Å². The number of hydrogen-bond donors (Lipinski definition) is 3. The maximum absolute atomic E-state index is 12.7. The predicted molar refractivity (Wildman–Crippen MR) is 173 cm³/mol. The van der Waals surface area contributed by atoms with Crippen LogP contribution in [0.25, 0.3) is 0 Å². The van der Waals surface area contributed by atoms with Crippen LogP contribution in [0.1, 0.15) is 69.6 Å². The van der Waals surface area contributed by atoms with Gasteiger partial charge in [0.1, 0.15) is 5.41 Å². The van der Waals surface area contributed by atoms with Gasteiger partial charge in [-0.05, 0) is 89.2 Å². The number of pyridine rings is 1. The summed E-state index contributed by atoms with van der Waals surface area (Å²) in [4.78, 5) is 33.6. The number of likely N-dealkylation sites (N-methyl/N-ethyl adjacent to an activating group) is 1. The van der Waals surface area contributed by atoms with Gasteiger partial charge in [0.2, 0.25) is 5.91 Å². The highest BCUT2D eigenvalue weighted by Gasteiger charge is 2.42. The zero-order chi connectivity index (χ0) is 31.1. The van der Waals surface area contributed by atoms with Gasteiger partial charge in [-0.15, -0.1) is 0 Å². The molecule has 5 N–H and O–H groups in total. The predicted octanol–water partition coefficient (Wildman–Crippen LogP) is 4.70. The van der Waals surface area contributed by atoms with E-state index in [2.05, 4.69) is 61.6 Å². The number of nitrogens with zero attached hydrogens (tertiary/aromatic N) is 3. The van der Waals surface area contributed by atoms with Crippen LogP contribution in [0.5, 0.6) is 0 Å². The van der Waals surface area contributed by atoms with Crippen molar-refractivity contribution in [1.82, 2.24) is 20.1 Å². The van der Waals surface area contributed by atoms with Crippen molar-refractivity contribution in [3.8, 4) is 0 Å². The third kappa shape index (κ3) is 9.67. The number of amides is 2. The van der Waals surface area contributed by atoms with Crippen molar-refractivity contribution in [2.45, 2.75) is 65.5 Å². The van der Waals surface area contributed by atoms with Crippen molar-refractivity contribution in [3.63, 3.8) is 0 Å². The summed E-state index contributed by atoms with van der Waals surface area (Å²) in [6.45, 7) is 17.3. The summed E-state index contributed by atoms with van der Waals surface area (Å²) in [6, 6.07) is 23.2. The quantitative estimate of drug-likeness (QED) is 0.240. The van der Waals surface area contributed by atoms with E-state index in [-0.39, 0.29) is 11.8 Å². The Kier molecular flexibility index (Phi) is 14.2. The molecule has 0 aliphatic heterocycles. The second-order valence-electron chi connectivity index (χ2n) is 10.9. The first-order valence-corrected chi connectivity index (χ1v) is 15.0. The Morgan fingerprint density at radius 3 is 1.95 bits per heavy atom. The van der Waals surface area contributed by atoms with Crippen molar-refractivity contribution in [3.05, 3.63) is 95.8 Å². The number of carbonyl (C=O) groups excluding carboxylic acids is 2. The normalized spacial score (nSPS) is 12.6. The van der Waals surface area contributed by atoms with Crippen LogP contribution in [0.15, 0.2) is 79.0 Å². The maximum atomic E-state index is 12.7. The number of rotatable bonds is 14. The summed E-state index contributed by atoms with van der Waals surface area (Å²) in [5, 5.41) is 2.90. The van der Waals surface area contributed by atoms with Gasteiger partial charge in [-0.2, -0.15) is 0 Å². The lowest BCUT2D eigenvalue weighted by Crippen LogP contribution is -2.47. The Bertz CT molecular complexity index is 1150. The third-order valence-electron chi connectivity index (χ3n) is 7.64. The number of nitrogens with two attached hydrogens (primary N) is 2. The monoisotopic (exact) mass is 574 g/mol. The summed E-state index contributed by atoms with van der Waals surface area (Å²) in [7, 11) is 0. The van der Waals surface area contributed by atoms with Crippen molar-refractivity contribution >= 4 is 17.5 Å². The third-order valence-corrected chi connectivity index (χ3v) is 7.64. The van der Waals surface area contributed by atoms with Crippen molar-refractivity contribution < 1.29 is 9.59 Å². The molecular formula is C34H50N6O2. The van der Waals surface area contributed by atoms with Crippen molar-refractivity contribution in [2.24, 2.45) is 5.73 Å². The van der Waals surface area contributed by atoms with Crippen LogP contribution in [0.4, 0.5) is 5.69 Å². The first kappa shape index (κ1) is 34.5. The highest BCUT2D eigenvalue weighted by atomic mass is 16.2. The lowest BCUT2D eigenvalue weighted by molar-refractivity contribution is -0.122. The summed E-state index contributed by atoms with van der Waals surface area (Å²) in [5.74, 6) is -0.401. The number of hydrogen-bond acceptors (Lipinski definition) is 6. The van der Waals surface area contributed by atoms with Crippen LogP contribution in [-0.4, -0.2) is 71.4 Å². The van der Waals surface area contributed by atoms with Gasteiger partial charge in [-0.3, -0.25) is 19.5 Å². The van der Waals surface area contributed by atoms with Gasteiger partial charge in [-0.25, -0.2) is 0 Å². The highest BCUT2D eigenvalue weighted by Crippen LogP contribution is 2.35. The van der Waals surface area contributed by atoms with E-state index in [1.165, 1.54) is 0 Å². The first-order chi connectivity index (χ1) is 20.1. The van der Waals surface area contributed by atoms with E-state index in [9.17, 15) is 9.59 Å². The summed E-state index contributed by atoms with van der Waals surface area (Å²) in [6.07, 6.45) is 2.32. The highest BCUT2D eigenvalue weighted by molar-refractivity contribution is 5.94. The van der Waals surface area contributed by atoms with Crippen LogP contribution in [-0.2, 0) is 10.2 Å². The molecule has 3 aromatic rings. The molecule has 0 fully saturated rings. The summed E-state index contributed by atoms with van der Waals surface area (Å²) < 4.78 is 0. The molecule has 0 aliphatic rings. The molecule has 42 heavy (non-hydrogen) atoms. The molecule has 228 valence electrons. The zero-order valence-corrected chi connectivity index (χ0v) is 26.2. The Morgan fingerprint density at radius 2 is 1.45 bits per heavy atom. The molecule has 2 aromatic carbocycles. The molecule has 0 radical (unpaired) electrons. The molecule has 8 nitrogen and oxygen atoms in total. The van der Waals surface area contributed by atoms with Crippen LogP contribution in [0.2, 0.25) is 0 Å². The van der Waals surface area contributed by atoms with E-state index in [1.54, 1.807) is 30.5 Å². The fraction of sp³-hybridized carbons (Fsp3) is 0.441. The molecule has 8 heteroatoms. The summed E-state index contributed by atoms with van der Waals surface area (Å²) >= 11 is 0. The van der Waals surface area contributed by atoms with Gasteiger partial charge < -0.3 is 21.7 Å². The molecule has 1 atom stereocenters. The SMILES string of the molecule is CC(C)N(CCC(C(N)=O)(c1ccccc1)c1ccccn1)C(C)C.CCN(CC)CCNC(=O)c1ccc(N)cc1. The van der Waals surface area contributed by atoms with Gasteiger partial charge in [-0.1, -0.05) is 50.2 Å². The molecule has 0 saturated heterocycles. The average molecular weight is 575 g/mol. The summed E-state index contributed by atoms with van der Waals surface area (Å²) in [5.41, 5.74) is 13.5. The largest absolute Gasteiger partial charge is 0.399 e. The van der Waals surface area contributed by atoms with Crippen LogP contribution < -0.4 is 16.8 Å². The van der Waals surface area contributed by atoms with Crippen LogP contribution in [0, 0.1) is 0 Å². The topological polar surface area (TPSA) is 118 Å². The second-order valence-corrected chi connectivity index (χ2v) is 10.9. The number of aromatic nitrogens is 1. The molecular weight excluding hydrogens is 524 g/mol. The van der Waals surface area contributed by atoms with Crippen LogP contribution >= 0.6 is 0 Å². The number of anilines is 1. The molecule has 1 aromatic heterocycles. The van der Waals surface area contributed by atoms with Crippen molar-refractivity contribution in [1.29, 1.82) is 0 Å². The van der Waals surface area contributed by atoms with E-state index in [0.717, 1.165) is 31.7 Å². The smallest absolute Gasteiger partial charge is 0.251 e. The standard InChI is InChI=1S/C21H29N3O.C13H21N3O/c1-16(2)24(17(3)4)15-13-21(20(22)25,18-10-6-5-7-11-18)19-12-8-9-14-23-19;1-3-16(4-2)10-9-15-13(17)11-5-7-12(14)8-6-11/h5-12,14,16-17H,13,15H2,1-4H3,(H2,22,25);5-8H,3-4,9-10,14H2,1-2H3,(H,15,17). The minimum absolute atomic E-state index is 0.0443. The molecule has 0 aliphatic carbocycles. The number of primary amides is 1. The zero-order valence-electron chi connectivity index (χ0n) is 26.2. The maximum Gasteiger partial charge on any atom is 0.251 e. The van der Waals surface area contributed by atoms with E-state index in [4.69, 9.17) is 11.5 Å². The fourth-order valence-electron chi connectivity index (χ4n) is 5.16. The first-order valence-electron chi connectivity index (χ1n) is 15.0. The molecule has 1 unspecified atom stereocenters. The Labute approximate surface area is 252 Å². The second kappa shape index (κ2) is 17.3. The minimum Gasteiger partial charge on any atom is -0.399 e. The number of benzene rings is 2. The van der Waals surface area contributed by atoms with Crippen molar-refractivity contribution in [2.75, 3.05) is 38.5 Å². The minimum atomic E-state index is -0.926. The van der Waals surface area contributed by atoms with E-state index in [1.807, 2.05) is 48.5 Å². The molecule has 0 bridgehead atoms. The molecule has 2 amide bonds. The molecule has 1 heterocycles. The Hall–Kier alpha value is -3.75. The molecule has 3 rings (SSSR count). The van der Waals surface area contributed by atoms with E-state index < -0.39 is 5.41 Å². The van der Waals surface area contributed by atoms with Gasteiger partial charge in [0.15, 0.2) is 0 Å². The molecule has 0 spiro atoms. The molecule has 0 saturated carbocycles. The Balaban J connectivity index is 0.000000317. The van der Waals surface area contributed by atoms with Gasteiger partial charge in [0.05, 0.1) is 5.69 Å². The lowest BCUT2D eigenvalue weighted by Gasteiger charge is -2.36. The van der Waals surface area contributed by atoms with Crippen LogP contribution in [0.3, 0.4) is 0 Å². The van der Waals surface area contributed by atoms with Gasteiger partial charge in [0, 0.05) is 49.2 Å². The Morgan fingerprint density at radius 1 is 0.857 bits per heavy atom. The lowest BCUT2D eigenvalue weighted by atomic mass is 9.73. The van der Waals surface area contributed by atoms with E-state index in [0.29, 0.717) is 42.0 Å². The average Bonchev–Trinajstić information content (AvgIpc) is 2.98. The van der Waals surface area contributed by atoms with Gasteiger partial charge in [0.25, 0.3) is 5.91 Å². The number of carbonyl (C=O) groups is 2. The van der Waals surface area contributed by atoms with E-state index >= 15 is 0 Å². The number of nitrogen functional groups attached to an aromatic ring is 1.